The number of urea groups is 1. The molecule has 4 heteroatoms. The standard InChI is InChI=1S/C13H12N2O2/c16-13(14-12-6-3-9-17-12)15-8-7-10-4-1-2-5-11(10)15/h1-6,9H,7-8H2,(H,14,16). The Labute approximate surface area is 98.8 Å². The molecule has 2 amide bonds. The molecule has 2 aromatic rings. The van der Waals surface area contributed by atoms with Gasteiger partial charge in [0, 0.05) is 18.3 Å². The van der Waals surface area contributed by atoms with Gasteiger partial charge >= 0.3 is 6.03 Å². The third-order valence-electron chi connectivity index (χ3n) is 2.88. The van der Waals surface area contributed by atoms with E-state index in [1.807, 2.05) is 18.2 Å². The Morgan fingerprint density at radius 1 is 1.24 bits per heavy atom. The summed E-state index contributed by atoms with van der Waals surface area (Å²) in [6, 6.07) is 11.3. The summed E-state index contributed by atoms with van der Waals surface area (Å²) in [5.41, 5.74) is 2.19. The van der Waals surface area contributed by atoms with Crippen LogP contribution in [-0.4, -0.2) is 12.6 Å². The highest BCUT2D eigenvalue weighted by molar-refractivity contribution is 6.02. The molecule has 1 N–H and O–H groups in total. The van der Waals surface area contributed by atoms with Gasteiger partial charge in [0.25, 0.3) is 0 Å². The predicted molar refractivity (Wildman–Crippen MR) is 65.2 cm³/mol. The molecule has 4 nitrogen and oxygen atoms in total. The van der Waals surface area contributed by atoms with Crippen LogP contribution in [0.15, 0.2) is 47.1 Å². The molecule has 0 fully saturated rings. The molecule has 0 saturated carbocycles. The minimum atomic E-state index is -0.148. The van der Waals surface area contributed by atoms with Crippen LogP contribution in [0.3, 0.4) is 0 Å². The summed E-state index contributed by atoms with van der Waals surface area (Å²) < 4.78 is 5.09. The fourth-order valence-electron chi connectivity index (χ4n) is 2.07. The zero-order valence-electron chi connectivity index (χ0n) is 9.22. The number of carbonyl (C=O) groups excluding carboxylic acids is 1. The molecule has 0 atom stereocenters. The van der Waals surface area contributed by atoms with Gasteiger partial charge in [-0.2, -0.15) is 0 Å². The summed E-state index contributed by atoms with van der Waals surface area (Å²) in [5.74, 6) is 0.472. The number of hydrogen-bond acceptors (Lipinski definition) is 2. The average Bonchev–Trinajstić information content (AvgIpc) is 2.96. The van der Waals surface area contributed by atoms with Gasteiger partial charge in [-0.25, -0.2) is 4.79 Å². The number of rotatable bonds is 1. The predicted octanol–water partition coefficient (Wildman–Crippen LogP) is 2.87. The lowest BCUT2D eigenvalue weighted by molar-refractivity contribution is 0.257. The van der Waals surface area contributed by atoms with Gasteiger partial charge in [0.15, 0.2) is 0 Å². The van der Waals surface area contributed by atoms with Gasteiger partial charge < -0.3 is 4.42 Å². The van der Waals surface area contributed by atoms with Gasteiger partial charge in [0.05, 0.1) is 6.26 Å². The van der Waals surface area contributed by atoms with E-state index in [4.69, 9.17) is 4.42 Å². The molecule has 3 rings (SSSR count). The van der Waals surface area contributed by atoms with Gasteiger partial charge in [0.1, 0.15) is 0 Å². The van der Waals surface area contributed by atoms with Crippen molar-refractivity contribution in [3.8, 4) is 0 Å². The van der Waals surface area contributed by atoms with Gasteiger partial charge in [-0.15, -0.1) is 0 Å². The van der Waals surface area contributed by atoms with Gasteiger partial charge in [-0.05, 0) is 24.1 Å². The number of amides is 2. The van der Waals surface area contributed by atoms with E-state index in [1.54, 1.807) is 17.0 Å². The number of carbonyl (C=O) groups is 1. The van der Waals surface area contributed by atoms with Crippen molar-refractivity contribution in [3.05, 3.63) is 48.2 Å². The molecule has 0 saturated heterocycles. The van der Waals surface area contributed by atoms with Crippen LogP contribution in [0.25, 0.3) is 0 Å². The summed E-state index contributed by atoms with van der Waals surface area (Å²) >= 11 is 0. The molecule has 0 aliphatic carbocycles. The number of hydrogen-bond donors (Lipinski definition) is 1. The molecular formula is C13H12N2O2. The Balaban J connectivity index is 1.80. The van der Waals surface area contributed by atoms with Crippen LogP contribution in [0, 0.1) is 0 Å². The highest BCUT2D eigenvalue weighted by Crippen LogP contribution is 2.27. The lowest BCUT2D eigenvalue weighted by Crippen LogP contribution is -2.33. The zero-order valence-corrected chi connectivity index (χ0v) is 9.22. The fraction of sp³-hybridized carbons (Fsp3) is 0.154. The maximum absolute atomic E-state index is 12.0. The Bertz CT molecular complexity index is 534. The van der Waals surface area contributed by atoms with E-state index in [-0.39, 0.29) is 6.03 Å². The Kier molecular flexibility index (Phi) is 2.33. The topological polar surface area (TPSA) is 45.5 Å². The molecule has 0 radical (unpaired) electrons. The summed E-state index contributed by atoms with van der Waals surface area (Å²) in [6.07, 6.45) is 2.44. The molecule has 1 aliphatic heterocycles. The number of benzene rings is 1. The largest absolute Gasteiger partial charge is 0.449 e. The number of fused-ring (bicyclic) bond motifs is 1. The third-order valence-corrected chi connectivity index (χ3v) is 2.88. The van der Waals surface area contributed by atoms with Gasteiger partial charge in [-0.3, -0.25) is 10.2 Å². The number of furan rings is 1. The molecule has 17 heavy (non-hydrogen) atoms. The van der Waals surface area contributed by atoms with Crippen molar-refractivity contribution in [2.75, 3.05) is 16.8 Å². The normalized spacial score (nSPS) is 13.5. The number of nitrogens with one attached hydrogen (secondary N) is 1. The van der Waals surface area contributed by atoms with E-state index >= 15 is 0 Å². The van der Waals surface area contributed by atoms with Crippen molar-refractivity contribution in [2.45, 2.75) is 6.42 Å². The average molecular weight is 228 g/mol. The SMILES string of the molecule is O=C(Nc1ccco1)N1CCc2ccccc21. The van der Waals surface area contributed by atoms with Crippen molar-refractivity contribution in [1.29, 1.82) is 0 Å². The maximum Gasteiger partial charge on any atom is 0.328 e. The lowest BCUT2D eigenvalue weighted by atomic mass is 10.2. The van der Waals surface area contributed by atoms with Crippen LogP contribution in [-0.2, 0) is 6.42 Å². The first-order valence-corrected chi connectivity index (χ1v) is 5.54. The molecule has 1 aromatic heterocycles. The van der Waals surface area contributed by atoms with Crippen LogP contribution in [0.5, 0.6) is 0 Å². The minimum Gasteiger partial charge on any atom is -0.449 e. The smallest absolute Gasteiger partial charge is 0.328 e. The molecule has 1 aliphatic rings. The number of anilines is 2. The molecule has 0 unspecified atom stereocenters. The van der Waals surface area contributed by atoms with Crippen LogP contribution < -0.4 is 10.2 Å². The fourth-order valence-corrected chi connectivity index (χ4v) is 2.07. The van der Waals surface area contributed by atoms with E-state index in [1.165, 1.54) is 11.8 Å². The second-order valence-electron chi connectivity index (χ2n) is 3.94. The monoisotopic (exact) mass is 228 g/mol. The van der Waals surface area contributed by atoms with Crippen molar-refractivity contribution in [1.82, 2.24) is 0 Å². The van der Waals surface area contributed by atoms with Crippen LogP contribution >= 0.6 is 0 Å². The van der Waals surface area contributed by atoms with Crippen molar-refractivity contribution >= 4 is 17.6 Å². The van der Waals surface area contributed by atoms with E-state index < -0.39 is 0 Å². The van der Waals surface area contributed by atoms with Crippen LogP contribution in [0.1, 0.15) is 5.56 Å². The van der Waals surface area contributed by atoms with Crippen molar-refractivity contribution in [2.24, 2.45) is 0 Å². The van der Waals surface area contributed by atoms with E-state index in [0.717, 1.165) is 12.1 Å². The zero-order chi connectivity index (χ0) is 11.7. The molecule has 2 heterocycles. The van der Waals surface area contributed by atoms with Gasteiger partial charge in [0.2, 0.25) is 5.88 Å². The quantitative estimate of drug-likeness (QED) is 0.815. The summed E-state index contributed by atoms with van der Waals surface area (Å²) in [4.78, 5) is 13.8. The molecule has 0 spiro atoms. The van der Waals surface area contributed by atoms with Gasteiger partial charge in [-0.1, -0.05) is 18.2 Å². The second-order valence-corrected chi connectivity index (χ2v) is 3.94. The molecular weight excluding hydrogens is 216 g/mol. The Hall–Kier alpha value is -2.23. The van der Waals surface area contributed by atoms with Crippen LogP contribution in [0.4, 0.5) is 16.4 Å². The number of nitrogens with zero attached hydrogens (tertiary/aromatic N) is 1. The minimum absolute atomic E-state index is 0.148. The highest BCUT2D eigenvalue weighted by Gasteiger charge is 2.24. The first-order chi connectivity index (χ1) is 8.34. The van der Waals surface area contributed by atoms with E-state index in [2.05, 4.69) is 11.4 Å². The van der Waals surface area contributed by atoms with Crippen LogP contribution in [0.2, 0.25) is 0 Å². The van der Waals surface area contributed by atoms with E-state index in [0.29, 0.717) is 12.4 Å². The summed E-state index contributed by atoms with van der Waals surface area (Å²) in [6.45, 7) is 0.714. The summed E-state index contributed by atoms with van der Waals surface area (Å²) in [5, 5.41) is 2.73. The Morgan fingerprint density at radius 2 is 2.12 bits per heavy atom. The maximum atomic E-state index is 12.0. The first kappa shape index (κ1) is 9.96. The van der Waals surface area contributed by atoms with Crippen molar-refractivity contribution < 1.29 is 9.21 Å². The first-order valence-electron chi connectivity index (χ1n) is 5.54. The van der Waals surface area contributed by atoms with Crippen molar-refractivity contribution in [3.63, 3.8) is 0 Å². The molecule has 86 valence electrons. The highest BCUT2D eigenvalue weighted by atomic mass is 16.3. The Morgan fingerprint density at radius 3 is 2.94 bits per heavy atom. The molecule has 1 aromatic carbocycles. The third kappa shape index (κ3) is 1.78. The second kappa shape index (κ2) is 3.97. The number of para-hydroxylation sites is 1. The summed E-state index contributed by atoms with van der Waals surface area (Å²) in [7, 11) is 0. The lowest BCUT2D eigenvalue weighted by Gasteiger charge is -2.16. The molecule has 0 bridgehead atoms. The van der Waals surface area contributed by atoms with E-state index in [9.17, 15) is 4.79 Å².